The van der Waals surface area contributed by atoms with Crippen molar-refractivity contribution in [2.75, 3.05) is 0 Å². The molecule has 0 aliphatic carbocycles. The normalized spacial score (nSPS) is 12.3. The third-order valence-electron chi connectivity index (χ3n) is 4.59. The van der Waals surface area contributed by atoms with Crippen LogP contribution in [0, 0.1) is 13.8 Å². The van der Waals surface area contributed by atoms with Crippen molar-refractivity contribution in [1.29, 1.82) is 0 Å². The fourth-order valence-electron chi connectivity index (χ4n) is 2.92. The Morgan fingerprint density at radius 3 is 2.64 bits per heavy atom. The summed E-state index contributed by atoms with van der Waals surface area (Å²) in [7, 11) is 0. The van der Waals surface area contributed by atoms with Crippen molar-refractivity contribution in [2.45, 2.75) is 46.6 Å². The van der Waals surface area contributed by atoms with Gasteiger partial charge in [-0.05, 0) is 27.2 Å². The molecule has 0 radical (unpaired) electrons. The van der Waals surface area contributed by atoms with Crippen LogP contribution in [0.4, 0.5) is 0 Å². The van der Waals surface area contributed by atoms with E-state index < -0.39 is 0 Å². The average Bonchev–Trinajstić information content (AvgIpc) is 3.03. The summed E-state index contributed by atoms with van der Waals surface area (Å²) in [6.45, 7) is 8.02. The van der Waals surface area contributed by atoms with Crippen LogP contribution in [0.5, 0.6) is 0 Å². The number of carbonyl (C=O) groups excluding carboxylic acids is 1. The predicted octanol–water partition coefficient (Wildman–Crippen LogP) is 3.47. The maximum Gasteiger partial charge on any atom is 0.224 e. The molecule has 0 saturated heterocycles. The first kappa shape index (κ1) is 17.1. The Morgan fingerprint density at radius 1 is 1.24 bits per heavy atom. The number of fused-ring (bicyclic) bond motifs is 1. The highest BCUT2D eigenvalue weighted by atomic mass is 16.1. The molecule has 3 rings (SSSR count). The van der Waals surface area contributed by atoms with Crippen LogP contribution in [0.25, 0.3) is 16.9 Å². The summed E-state index contributed by atoms with van der Waals surface area (Å²) in [5.41, 5.74) is 5.53. The van der Waals surface area contributed by atoms with Gasteiger partial charge in [-0.2, -0.15) is 5.10 Å². The fraction of sp³-hybridized carbons (Fsp3) is 0.350. The van der Waals surface area contributed by atoms with Gasteiger partial charge in [0.05, 0.1) is 12.1 Å². The van der Waals surface area contributed by atoms with Gasteiger partial charge in [0.15, 0.2) is 5.65 Å². The number of nitrogens with one attached hydrogen (secondary N) is 1. The molecular weight excluding hydrogens is 312 g/mol. The van der Waals surface area contributed by atoms with E-state index in [4.69, 9.17) is 5.10 Å². The van der Waals surface area contributed by atoms with Crippen molar-refractivity contribution in [3.05, 3.63) is 53.3 Å². The van der Waals surface area contributed by atoms with E-state index in [-0.39, 0.29) is 11.9 Å². The smallest absolute Gasteiger partial charge is 0.224 e. The molecule has 1 N–H and O–H groups in total. The number of hydrogen-bond acceptors (Lipinski definition) is 3. The van der Waals surface area contributed by atoms with Gasteiger partial charge in [-0.1, -0.05) is 37.3 Å². The second kappa shape index (κ2) is 7.05. The molecule has 5 nitrogen and oxygen atoms in total. The van der Waals surface area contributed by atoms with E-state index in [1.165, 1.54) is 0 Å². The minimum atomic E-state index is 0.0251. The average molecular weight is 336 g/mol. The predicted molar refractivity (Wildman–Crippen MR) is 99.5 cm³/mol. The molecule has 1 aromatic carbocycles. The first-order valence-corrected chi connectivity index (χ1v) is 8.70. The Bertz CT molecular complexity index is 899. The Labute approximate surface area is 148 Å². The highest BCUT2D eigenvalue weighted by Gasteiger charge is 2.16. The van der Waals surface area contributed by atoms with E-state index in [0.717, 1.165) is 40.3 Å². The Morgan fingerprint density at radius 2 is 1.96 bits per heavy atom. The van der Waals surface area contributed by atoms with Crippen LogP contribution in [-0.4, -0.2) is 26.5 Å². The molecule has 0 aliphatic heterocycles. The number of aryl methyl sites for hydroxylation is 2. The number of hydrogen-bond donors (Lipinski definition) is 1. The Balaban J connectivity index is 1.97. The Kier molecular flexibility index (Phi) is 4.83. The molecule has 2 aromatic heterocycles. The van der Waals surface area contributed by atoms with Gasteiger partial charge in [-0.3, -0.25) is 4.79 Å². The maximum absolute atomic E-state index is 12.3. The number of rotatable bonds is 5. The molecular formula is C20H24N4O. The molecule has 2 heterocycles. The van der Waals surface area contributed by atoms with E-state index in [1.807, 2.05) is 61.7 Å². The van der Waals surface area contributed by atoms with E-state index in [0.29, 0.717) is 6.42 Å². The van der Waals surface area contributed by atoms with Crippen LogP contribution in [0.2, 0.25) is 0 Å². The van der Waals surface area contributed by atoms with Crippen LogP contribution in [0.15, 0.2) is 36.4 Å². The van der Waals surface area contributed by atoms with Crippen molar-refractivity contribution in [1.82, 2.24) is 19.9 Å². The summed E-state index contributed by atoms with van der Waals surface area (Å²) in [6.07, 6.45) is 1.24. The molecule has 0 spiro atoms. The van der Waals surface area contributed by atoms with Crippen molar-refractivity contribution < 1.29 is 4.79 Å². The highest BCUT2D eigenvalue weighted by molar-refractivity contribution is 5.79. The van der Waals surface area contributed by atoms with Gasteiger partial charge in [0, 0.05) is 34.6 Å². The van der Waals surface area contributed by atoms with Crippen LogP contribution in [0.1, 0.15) is 37.2 Å². The van der Waals surface area contributed by atoms with E-state index >= 15 is 0 Å². The van der Waals surface area contributed by atoms with E-state index in [9.17, 15) is 4.79 Å². The molecule has 0 unspecified atom stereocenters. The van der Waals surface area contributed by atoms with E-state index in [1.54, 1.807) is 0 Å². The molecule has 3 aromatic rings. The van der Waals surface area contributed by atoms with Crippen molar-refractivity contribution in [2.24, 2.45) is 0 Å². The first-order chi connectivity index (χ1) is 12.0. The molecule has 25 heavy (non-hydrogen) atoms. The summed E-state index contributed by atoms with van der Waals surface area (Å²) in [5, 5.41) is 7.71. The number of amides is 1. The molecule has 0 bridgehead atoms. The number of carbonyl (C=O) groups is 1. The lowest BCUT2D eigenvalue weighted by atomic mass is 10.1. The zero-order valence-electron chi connectivity index (χ0n) is 15.2. The second-order valence-corrected chi connectivity index (χ2v) is 6.48. The third-order valence-corrected chi connectivity index (χ3v) is 4.59. The number of aromatic nitrogens is 3. The first-order valence-electron chi connectivity index (χ1n) is 8.70. The van der Waals surface area contributed by atoms with Gasteiger partial charge in [0.25, 0.3) is 0 Å². The zero-order chi connectivity index (χ0) is 18.0. The molecule has 5 heteroatoms. The van der Waals surface area contributed by atoms with Crippen LogP contribution in [0.3, 0.4) is 0 Å². The van der Waals surface area contributed by atoms with Crippen LogP contribution >= 0.6 is 0 Å². The lowest BCUT2D eigenvalue weighted by Crippen LogP contribution is -2.33. The van der Waals surface area contributed by atoms with Gasteiger partial charge in [-0.15, -0.1) is 0 Å². The second-order valence-electron chi connectivity index (χ2n) is 6.48. The monoisotopic (exact) mass is 336 g/mol. The minimum absolute atomic E-state index is 0.0251. The van der Waals surface area contributed by atoms with Crippen molar-refractivity contribution in [3.8, 4) is 11.3 Å². The highest BCUT2D eigenvalue weighted by Crippen LogP contribution is 2.22. The molecule has 0 saturated carbocycles. The SMILES string of the molecule is CC[C@@H](C)NC(=O)Cc1c(C)nc2cc(-c3ccccc3)nn2c1C. The summed E-state index contributed by atoms with van der Waals surface area (Å²) in [4.78, 5) is 16.9. The van der Waals surface area contributed by atoms with Gasteiger partial charge in [-0.25, -0.2) is 9.50 Å². The molecule has 1 amide bonds. The molecule has 0 aliphatic rings. The zero-order valence-corrected chi connectivity index (χ0v) is 15.2. The topological polar surface area (TPSA) is 59.3 Å². The summed E-state index contributed by atoms with van der Waals surface area (Å²) in [5.74, 6) is 0.0251. The quantitative estimate of drug-likeness (QED) is 0.776. The number of benzene rings is 1. The summed E-state index contributed by atoms with van der Waals surface area (Å²) >= 11 is 0. The summed E-state index contributed by atoms with van der Waals surface area (Å²) < 4.78 is 1.83. The maximum atomic E-state index is 12.3. The standard InChI is InChI=1S/C20H24N4O/c1-5-13(2)21-20(25)11-17-14(3)22-19-12-18(23-24(19)15(17)4)16-9-7-6-8-10-16/h6-10,12-13H,5,11H2,1-4H3,(H,21,25)/t13-/m1/s1. The molecule has 0 fully saturated rings. The molecule has 1 atom stereocenters. The number of nitrogens with zero attached hydrogens (tertiary/aromatic N) is 3. The lowest BCUT2D eigenvalue weighted by molar-refractivity contribution is -0.121. The van der Waals surface area contributed by atoms with Crippen LogP contribution in [-0.2, 0) is 11.2 Å². The summed E-state index contributed by atoms with van der Waals surface area (Å²) in [6, 6.07) is 12.2. The van der Waals surface area contributed by atoms with Crippen molar-refractivity contribution >= 4 is 11.6 Å². The third kappa shape index (κ3) is 3.55. The van der Waals surface area contributed by atoms with Gasteiger partial charge < -0.3 is 5.32 Å². The van der Waals surface area contributed by atoms with E-state index in [2.05, 4.69) is 17.2 Å². The van der Waals surface area contributed by atoms with Crippen LogP contribution < -0.4 is 5.32 Å². The van der Waals surface area contributed by atoms with Gasteiger partial charge in [0.1, 0.15) is 0 Å². The largest absolute Gasteiger partial charge is 0.353 e. The van der Waals surface area contributed by atoms with Gasteiger partial charge >= 0.3 is 0 Å². The minimum Gasteiger partial charge on any atom is -0.353 e. The Hall–Kier alpha value is -2.69. The lowest BCUT2D eigenvalue weighted by Gasteiger charge is -2.14. The van der Waals surface area contributed by atoms with Crippen molar-refractivity contribution in [3.63, 3.8) is 0 Å². The fourth-order valence-corrected chi connectivity index (χ4v) is 2.92. The molecule has 130 valence electrons. The van der Waals surface area contributed by atoms with Gasteiger partial charge in [0.2, 0.25) is 5.91 Å².